The van der Waals surface area contributed by atoms with Gasteiger partial charge in [0.05, 0.1) is 5.39 Å². The molecule has 5 rings (SSSR count). The number of hydrazine groups is 1. The number of imide groups is 1. The van der Waals surface area contributed by atoms with Crippen LogP contribution < -0.4 is 21.7 Å². The number of hydrogen-bond donors (Lipinski definition) is 3. The molecule has 11 nitrogen and oxygen atoms in total. The standard InChI is InChI=1S/C27H24N6O5/c1-3-33-24(36)20-11-7-6-10-19(20)22(31-33)23(35)30-29-21(34)15-32-25(37)27(2,28-26(32)38)18-13-12-16-8-4-5-9-17(16)14-18/h4-14H,3,15H2,1-2H3,(H,28,38)(H,29,34)(H,30,35). The normalized spacial score (nSPS) is 17.1. The third-order valence-corrected chi connectivity index (χ3v) is 6.60. The predicted molar refractivity (Wildman–Crippen MR) is 139 cm³/mol. The van der Waals surface area contributed by atoms with Crippen molar-refractivity contribution in [2.75, 3.05) is 6.54 Å². The summed E-state index contributed by atoms with van der Waals surface area (Å²) in [6, 6.07) is 18.9. The zero-order chi connectivity index (χ0) is 27.0. The number of fused-ring (bicyclic) bond motifs is 2. The number of carbonyl (C=O) groups is 4. The molecule has 1 aliphatic rings. The van der Waals surface area contributed by atoms with E-state index in [9.17, 15) is 24.0 Å². The first-order chi connectivity index (χ1) is 18.2. The third kappa shape index (κ3) is 4.13. The summed E-state index contributed by atoms with van der Waals surface area (Å²) >= 11 is 0. The van der Waals surface area contributed by atoms with E-state index in [4.69, 9.17) is 0 Å². The van der Waals surface area contributed by atoms with E-state index in [1.54, 1.807) is 44.2 Å². The average molecular weight is 513 g/mol. The summed E-state index contributed by atoms with van der Waals surface area (Å²) in [4.78, 5) is 64.7. The maximum atomic E-state index is 13.3. The fourth-order valence-corrected chi connectivity index (χ4v) is 4.52. The van der Waals surface area contributed by atoms with Crippen LogP contribution in [0, 0.1) is 0 Å². The molecule has 11 heteroatoms. The smallest absolute Gasteiger partial charge is 0.319 e. The van der Waals surface area contributed by atoms with Crippen molar-refractivity contribution in [2.45, 2.75) is 25.9 Å². The minimum Gasteiger partial charge on any atom is -0.319 e. The highest BCUT2D eigenvalue weighted by atomic mass is 16.2. The number of urea groups is 1. The Kier molecular flexibility index (Phi) is 6.11. The number of hydrogen-bond acceptors (Lipinski definition) is 6. The van der Waals surface area contributed by atoms with E-state index in [1.165, 1.54) is 0 Å². The van der Waals surface area contributed by atoms with Crippen LogP contribution in [0.3, 0.4) is 0 Å². The number of carbonyl (C=O) groups excluding carboxylic acids is 4. The van der Waals surface area contributed by atoms with Gasteiger partial charge in [0, 0.05) is 11.9 Å². The van der Waals surface area contributed by atoms with Gasteiger partial charge in [-0.3, -0.25) is 34.9 Å². The lowest BCUT2D eigenvalue weighted by atomic mass is 9.90. The van der Waals surface area contributed by atoms with Gasteiger partial charge in [-0.1, -0.05) is 54.6 Å². The number of nitrogens with one attached hydrogen (secondary N) is 3. The molecule has 1 unspecified atom stereocenters. The van der Waals surface area contributed by atoms with E-state index in [0.717, 1.165) is 20.4 Å². The van der Waals surface area contributed by atoms with E-state index in [1.807, 2.05) is 36.4 Å². The highest BCUT2D eigenvalue weighted by molar-refractivity contribution is 6.10. The molecular formula is C27H24N6O5. The molecule has 0 aliphatic carbocycles. The lowest BCUT2D eigenvalue weighted by Crippen LogP contribution is -2.48. The van der Waals surface area contributed by atoms with E-state index < -0.39 is 35.8 Å². The molecule has 0 bridgehead atoms. The Labute approximate surface area is 216 Å². The van der Waals surface area contributed by atoms with Crippen molar-refractivity contribution in [3.63, 3.8) is 0 Å². The second-order valence-electron chi connectivity index (χ2n) is 9.03. The quantitative estimate of drug-likeness (QED) is 0.275. The Morgan fingerprint density at radius 1 is 0.921 bits per heavy atom. The van der Waals surface area contributed by atoms with Gasteiger partial charge in [0.15, 0.2) is 5.69 Å². The summed E-state index contributed by atoms with van der Waals surface area (Å²) in [6.45, 7) is 2.93. The lowest BCUT2D eigenvalue weighted by Gasteiger charge is -2.22. The van der Waals surface area contributed by atoms with Gasteiger partial charge < -0.3 is 5.32 Å². The monoisotopic (exact) mass is 512 g/mol. The Balaban J connectivity index is 1.30. The molecule has 1 saturated heterocycles. The molecule has 1 fully saturated rings. The molecule has 2 heterocycles. The van der Waals surface area contributed by atoms with E-state index in [0.29, 0.717) is 16.3 Å². The number of benzene rings is 3. The maximum Gasteiger partial charge on any atom is 0.325 e. The van der Waals surface area contributed by atoms with Crippen molar-refractivity contribution in [2.24, 2.45) is 0 Å². The minimum absolute atomic E-state index is 0.0544. The van der Waals surface area contributed by atoms with Crippen LogP contribution in [-0.4, -0.2) is 45.0 Å². The highest BCUT2D eigenvalue weighted by Gasteiger charge is 2.49. The summed E-state index contributed by atoms with van der Waals surface area (Å²) < 4.78 is 1.15. The molecule has 0 radical (unpaired) electrons. The van der Waals surface area contributed by atoms with Crippen LogP contribution in [0.25, 0.3) is 21.5 Å². The second kappa shape index (κ2) is 9.43. The van der Waals surface area contributed by atoms with Gasteiger partial charge in [0.25, 0.3) is 23.3 Å². The van der Waals surface area contributed by atoms with Crippen LogP contribution in [0.1, 0.15) is 29.9 Å². The van der Waals surface area contributed by atoms with E-state index >= 15 is 0 Å². The Hall–Kier alpha value is -5.06. The van der Waals surface area contributed by atoms with Crippen molar-refractivity contribution in [3.05, 3.63) is 88.3 Å². The summed E-state index contributed by atoms with van der Waals surface area (Å²) in [5.41, 5.74) is 3.30. The molecule has 0 spiro atoms. The van der Waals surface area contributed by atoms with Crippen LogP contribution >= 0.6 is 0 Å². The van der Waals surface area contributed by atoms with Crippen LogP contribution in [0.15, 0.2) is 71.5 Å². The predicted octanol–water partition coefficient (Wildman–Crippen LogP) is 1.80. The van der Waals surface area contributed by atoms with E-state index in [-0.39, 0.29) is 17.8 Å². The molecule has 38 heavy (non-hydrogen) atoms. The molecular weight excluding hydrogens is 488 g/mol. The molecule has 1 aromatic heterocycles. The van der Waals surface area contributed by atoms with Gasteiger partial charge in [0.1, 0.15) is 12.1 Å². The summed E-state index contributed by atoms with van der Waals surface area (Å²) in [6.07, 6.45) is 0. The molecule has 1 atom stereocenters. The Bertz CT molecular complexity index is 1700. The number of amides is 5. The number of rotatable bonds is 5. The van der Waals surface area contributed by atoms with Crippen LogP contribution in [0.5, 0.6) is 0 Å². The lowest BCUT2D eigenvalue weighted by molar-refractivity contribution is -0.135. The maximum absolute atomic E-state index is 13.3. The van der Waals surface area contributed by atoms with E-state index in [2.05, 4.69) is 21.3 Å². The second-order valence-corrected chi connectivity index (χ2v) is 9.03. The third-order valence-electron chi connectivity index (χ3n) is 6.60. The van der Waals surface area contributed by atoms with Crippen LogP contribution in [0.4, 0.5) is 4.79 Å². The van der Waals surface area contributed by atoms with Crippen LogP contribution in [0.2, 0.25) is 0 Å². The number of aryl methyl sites for hydroxylation is 1. The molecule has 3 N–H and O–H groups in total. The molecule has 3 aromatic carbocycles. The largest absolute Gasteiger partial charge is 0.325 e. The first-order valence-corrected chi connectivity index (χ1v) is 12.0. The SMILES string of the molecule is CCn1nc(C(=O)NNC(=O)CN2C(=O)NC(C)(c3ccc4ccccc4c3)C2=O)c2ccccc2c1=O. The van der Waals surface area contributed by atoms with Crippen molar-refractivity contribution in [1.82, 2.24) is 30.8 Å². The zero-order valence-electron chi connectivity index (χ0n) is 20.6. The van der Waals surface area contributed by atoms with Gasteiger partial charge in [-0.25, -0.2) is 9.48 Å². The highest BCUT2D eigenvalue weighted by Crippen LogP contribution is 2.30. The van der Waals surface area contributed by atoms with Gasteiger partial charge in [0.2, 0.25) is 0 Å². The minimum atomic E-state index is -1.36. The molecule has 4 aromatic rings. The fraction of sp³-hybridized carbons (Fsp3) is 0.185. The van der Waals surface area contributed by atoms with Crippen molar-refractivity contribution in [1.29, 1.82) is 0 Å². The first kappa shape index (κ1) is 24.6. The average Bonchev–Trinajstić information content (AvgIpc) is 3.15. The molecule has 1 aliphatic heterocycles. The van der Waals surface area contributed by atoms with Gasteiger partial charge in [-0.2, -0.15) is 5.10 Å². The number of aromatic nitrogens is 2. The van der Waals surface area contributed by atoms with Crippen molar-refractivity contribution >= 4 is 45.3 Å². The Morgan fingerprint density at radius 2 is 1.61 bits per heavy atom. The molecule has 0 saturated carbocycles. The summed E-state index contributed by atoms with van der Waals surface area (Å²) in [7, 11) is 0. The van der Waals surface area contributed by atoms with Crippen molar-refractivity contribution < 1.29 is 19.2 Å². The fourth-order valence-electron chi connectivity index (χ4n) is 4.52. The summed E-state index contributed by atoms with van der Waals surface area (Å²) in [5, 5.41) is 9.32. The topological polar surface area (TPSA) is 142 Å². The first-order valence-electron chi connectivity index (χ1n) is 12.0. The molecule has 192 valence electrons. The van der Waals surface area contributed by atoms with Gasteiger partial charge >= 0.3 is 6.03 Å². The van der Waals surface area contributed by atoms with Gasteiger partial charge in [-0.15, -0.1) is 0 Å². The summed E-state index contributed by atoms with van der Waals surface area (Å²) in [5.74, 6) is -2.14. The number of nitrogens with zero attached hydrogens (tertiary/aromatic N) is 3. The molecule has 5 amide bonds. The van der Waals surface area contributed by atoms with Gasteiger partial charge in [-0.05, 0) is 42.3 Å². The van der Waals surface area contributed by atoms with Crippen molar-refractivity contribution in [3.8, 4) is 0 Å². The van der Waals surface area contributed by atoms with Crippen LogP contribution in [-0.2, 0) is 21.7 Å². The Morgan fingerprint density at radius 3 is 2.34 bits per heavy atom. The zero-order valence-corrected chi connectivity index (χ0v) is 20.6.